The van der Waals surface area contributed by atoms with E-state index >= 15 is 0 Å². The summed E-state index contributed by atoms with van der Waals surface area (Å²) in [5.41, 5.74) is 1.86. The van der Waals surface area contributed by atoms with Gasteiger partial charge in [0, 0.05) is 19.8 Å². The molecule has 0 heterocycles. The van der Waals surface area contributed by atoms with Gasteiger partial charge in [-0.2, -0.15) is 0 Å². The van der Waals surface area contributed by atoms with E-state index in [9.17, 15) is 9.90 Å². The van der Waals surface area contributed by atoms with Gasteiger partial charge in [-0.15, -0.1) is 0 Å². The van der Waals surface area contributed by atoms with Crippen LogP contribution >= 0.6 is 0 Å². The zero-order valence-electron chi connectivity index (χ0n) is 12.2. The molecule has 0 aliphatic heterocycles. The maximum atomic E-state index is 11.3. The minimum atomic E-state index is -0.832. The van der Waals surface area contributed by atoms with Crippen molar-refractivity contribution >= 4 is 11.7 Å². The Hall–Kier alpha value is -1.55. The van der Waals surface area contributed by atoms with Crippen LogP contribution in [0.5, 0.6) is 0 Å². The number of anilines is 1. The number of nitrogens with zero attached hydrogens (tertiary/aromatic N) is 1. The van der Waals surface area contributed by atoms with E-state index in [2.05, 4.69) is 19.2 Å². The van der Waals surface area contributed by atoms with Gasteiger partial charge in [0.15, 0.2) is 0 Å². The molecule has 0 aliphatic rings. The second-order valence-corrected chi connectivity index (χ2v) is 5.39. The highest BCUT2D eigenvalue weighted by Gasteiger charge is 2.18. The van der Waals surface area contributed by atoms with E-state index in [0.717, 1.165) is 17.7 Å². The smallest absolute Gasteiger partial charge is 0.325 e. The molecular weight excluding hydrogens is 240 g/mol. The highest BCUT2D eigenvalue weighted by Crippen LogP contribution is 2.18. The molecule has 0 saturated heterocycles. The highest BCUT2D eigenvalue weighted by molar-refractivity contribution is 5.75. The molecule has 1 rings (SSSR count). The number of carboxylic acid groups (broad SMARTS) is 1. The van der Waals surface area contributed by atoms with Crippen LogP contribution in [-0.4, -0.2) is 31.7 Å². The van der Waals surface area contributed by atoms with Crippen molar-refractivity contribution in [3.63, 3.8) is 0 Å². The Kier molecular flexibility index (Phi) is 5.83. The summed E-state index contributed by atoms with van der Waals surface area (Å²) in [5, 5.41) is 12.4. The van der Waals surface area contributed by atoms with E-state index in [-0.39, 0.29) is 0 Å². The molecule has 0 aromatic heterocycles. The Bertz CT molecular complexity index is 399. The number of hydrogen-bond donors (Lipinski definition) is 2. The standard InChI is InChI=1S/C15H24N2O2/c1-11(2)9-10-16-14(15(18)19)12-5-7-13(8-6-12)17(3)4/h5-8,11,14,16H,9-10H2,1-4H3,(H,18,19). The van der Waals surface area contributed by atoms with Crippen LogP contribution in [0.25, 0.3) is 0 Å². The Morgan fingerprint density at radius 1 is 1.26 bits per heavy atom. The average Bonchev–Trinajstić information content (AvgIpc) is 2.34. The van der Waals surface area contributed by atoms with Gasteiger partial charge in [-0.05, 0) is 36.6 Å². The minimum Gasteiger partial charge on any atom is -0.480 e. The minimum absolute atomic E-state index is 0.568. The summed E-state index contributed by atoms with van der Waals surface area (Å²) in [5.74, 6) is -0.264. The number of hydrogen-bond acceptors (Lipinski definition) is 3. The lowest BCUT2D eigenvalue weighted by Gasteiger charge is -2.17. The van der Waals surface area contributed by atoms with Crippen molar-refractivity contribution in [2.75, 3.05) is 25.5 Å². The van der Waals surface area contributed by atoms with Crippen LogP contribution in [0.4, 0.5) is 5.69 Å². The van der Waals surface area contributed by atoms with E-state index < -0.39 is 12.0 Å². The second-order valence-electron chi connectivity index (χ2n) is 5.39. The van der Waals surface area contributed by atoms with Crippen LogP contribution in [0.15, 0.2) is 24.3 Å². The third kappa shape index (κ3) is 4.91. The molecule has 0 bridgehead atoms. The van der Waals surface area contributed by atoms with Crippen LogP contribution in [-0.2, 0) is 4.79 Å². The van der Waals surface area contributed by atoms with Crippen LogP contribution in [0.1, 0.15) is 31.9 Å². The first-order chi connectivity index (χ1) is 8.91. The molecule has 0 amide bonds. The molecule has 0 saturated carbocycles. The lowest BCUT2D eigenvalue weighted by atomic mass is 10.1. The molecule has 0 radical (unpaired) electrons. The molecule has 1 unspecified atom stereocenters. The van der Waals surface area contributed by atoms with Crippen molar-refractivity contribution < 1.29 is 9.90 Å². The molecule has 106 valence electrons. The number of carbonyl (C=O) groups is 1. The van der Waals surface area contributed by atoms with Gasteiger partial charge in [0.2, 0.25) is 0 Å². The lowest BCUT2D eigenvalue weighted by Crippen LogP contribution is -2.29. The summed E-state index contributed by atoms with van der Waals surface area (Å²) in [4.78, 5) is 13.3. The molecule has 1 aromatic rings. The van der Waals surface area contributed by atoms with Crippen LogP contribution in [0, 0.1) is 5.92 Å². The van der Waals surface area contributed by atoms with Gasteiger partial charge in [-0.25, -0.2) is 0 Å². The van der Waals surface area contributed by atoms with Crippen LogP contribution in [0.2, 0.25) is 0 Å². The largest absolute Gasteiger partial charge is 0.480 e. The molecule has 2 N–H and O–H groups in total. The quantitative estimate of drug-likeness (QED) is 0.794. The van der Waals surface area contributed by atoms with E-state index in [4.69, 9.17) is 0 Å². The summed E-state index contributed by atoms with van der Waals surface area (Å²) in [6, 6.07) is 6.99. The van der Waals surface area contributed by atoms with Crippen LogP contribution in [0.3, 0.4) is 0 Å². The number of rotatable bonds is 7. The Balaban J connectivity index is 2.73. The molecule has 0 fully saturated rings. The second kappa shape index (κ2) is 7.14. The predicted octanol–water partition coefficient (Wildman–Crippen LogP) is 2.51. The van der Waals surface area contributed by atoms with Crippen molar-refractivity contribution in [1.29, 1.82) is 0 Å². The predicted molar refractivity (Wildman–Crippen MR) is 78.6 cm³/mol. The van der Waals surface area contributed by atoms with Crippen molar-refractivity contribution in [1.82, 2.24) is 5.32 Å². The van der Waals surface area contributed by atoms with Crippen molar-refractivity contribution in [3.8, 4) is 0 Å². The Labute approximate surface area is 115 Å². The number of nitrogens with one attached hydrogen (secondary N) is 1. The number of benzene rings is 1. The van der Waals surface area contributed by atoms with Gasteiger partial charge < -0.3 is 15.3 Å². The van der Waals surface area contributed by atoms with Crippen molar-refractivity contribution in [2.45, 2.75) is 26.3 Å². The lowest BCUT2D eigenvalue weighted by molar-refractivity contribution is -0.139. The van der Waals surface area contributed by atoms with E-state index in [0.29, 0.717) is 12.5 Å². The maximum Gasteiger partial charge on any atom is 0.325 e. The van der Waals surface area contributed by atoms with E-state index in [1.165, 1.54) is 0 Å². The first-order valence-electron chi connectivity index (χ1n) is 6.65. The summed E-state index contributed by atoms with van der Waals surface area (Å²) in [6.45, 7) is 4.97. The molecule has 4 nitrogen and oxygen atoms in total. The Morgan fingerprint density at radius 2 is 1.84 bits per heavy atom. The fourth-order valence-electron chi connectivity index (χ4n) is 1.83. The maximum absolute atomic E-state index is 11.3. The molecule has 1 atom stereocenters. The van der Waals surface area contributed by atoms with E-state index in [1.54, 1.807) is 0 Å². The first-order valence-corrected chi connectivity index (χ1v) is 6.65. The summed E-state index contributed by atoms with van der Waals surface area (Å²) in [7, 11) is 3.93. The van der Waals surface area contributed by atoms with E-state index in [1.807, 2.05) is 43.3 Å². The SMILES string of the molecule is CC(C)CCNC(C(=O)O)c1ccc(N(C)C)cc1. The van der Waals surface area contributed by atoms with Crippen molar-refractivity contribution in [2.24, 2.45) is 5.92 Å². The van der Waals surface area contributed by atoms with Gasteiger partial charge in [-0.1, -0.05) is 26.0 Å². The zero-order chi connectivity index (χ0) is 14.4. The van der Waals surface area contributed by atoms with Gasteiger partial charge in [0.1, 0.15) is 6.04 Å². The summed E-state index contributed by atoms with van der Waals surface area (Å²) in [6.07, 6.45) is 0.972. The first kappa shape index (κ1) is 15.5. The van der Waals surface area contributed by atoms with Gasteiger partial charge in [0.25, 0.3) is 0 Å². The summed E-state index contributed by atoms with van der Waals surface area (Å²) < 4.78 is 0. The molecule has 4 heteroatoms. The average molecular weight is 264 g/mol. The topological polar surface area (TPSA) is 52.6 Å². The van der Waals surface area contributed by atoms with Gasteiger partial charge >= 0.3 is 5.97 Å². The molecular formula is C15H24N2O2. The third-order valence-electron chi connectivity index (χ3n) is 3.06. The molecule has 0 spiro atoms. The van der Waals surface area contributed by atoms with Gasteiger partial charge in [0.05, 0.1) is 0 Å². The normalized spacial score (nSPS) is 12.5. The molecule has 19 heavy (non-hydrogen) atoms. The molecule has 1 aromatic carbocycles. The monoisotopic (exact) mass is 264 g/mol. The molecule has 0 aliphatic carbocycles. The fourth-order valence-corrected chi connectivity index (χ4v) is 1.83. The number of carboxylic acids is 1. The van der Waals surface area contributed by atoms with Gasteiger partial charge in [-0.3, -0.25) is 4.79 Å². The fraction of sp³-hybridized carbons (Fsp3) is 0.533. The van der Waals surface area contributed by atoms with Crippen molar-refractivity contribution in [3.05, 3.63) is 29.8 Å². The zero-order valence-corrected chi connectivity index (χ0v) is 12.2. The summed E-state index contributed by atoms with van der Waals surface area (Å²) >= 11 is 0. The third-order valence-corrected chi connectivity index (χ3v) is 3.06. The Morgan fingerprint density at radius 3 is 2.26 bits per heavy atom. The number of aliphatic carboxylic acids is 1. The highest BCUT2D eigenvalue weighted by atomic mass is 16.4. The van der Waals surface area contributed by atoms with Crippen LogP contribution < -0.4 is 10.2 Å².